The van der Waals surface area contributed by atoms with Gasteiger partial charge in [0.15, 0.2) is 5.65 Å². The standard InChI is InChI=1S/C27H30N4O2/c1-19-15-26-29-20(2)25(21(3)31(26)30-19)13-14-27(32)28-16-22-9-11-24(12-10-22)18-33-17-23-7-5-4-6-8-23/h4-12,15H,13-14,16-18H2,1-3H3,(H,28,32). The Morgan fingerprint density at radius 2 is 1.61 bits per heavy atom. The fraction of sp³-hybridized carbons (Fsp3) is 0.296. The lowest BCUT2D eigenvalue weighted by Gasteiger charge is -2.11. The lowest BCUT2D eigenvalue weighted by Crippen LogP contribution is -2.23. The fourth-order valence-corrected chi connectivity index (χ4v) is 3.94. The molecule has 0 fully saturated rings. The van der Waals surface area contributed by atoms with Gasteiger partial charge in [-0.1, -0.05) is 54.6 Å². The summed E-state index contributed by atoms with van der Waals surface area (Å²) >= 11 is 0. The van der Waals surface area contributed by atoms with Crippen LogP contribution in [-0.2, 0) is 35.7 Å². The first-order valence-corrected chi connectivity index (χ1v) is 11.3. The number of hydrogen-bond donors (Lipinski definition) is 1. The Bertz CT molecular complexity index is 1230. The van der Waals surface area contributed by atoms with Gasteiger partial charge in [0.2, 0.25) is 5.91 Å². The average Bonchev–Trinajstić information content (AvgIpc) is 3.19. The number of nitrogens with zero attached hydrogens (tertiary/aromatic N) is 3. The van der Waals surface area contributed by atoms with Crippen molar-refractivity contribution in [3.05, 3.63) is 100.0 Å². The molecule has 0 atom stereocenters. The molecule has 6 nitrogen and oxygen atoms in total. The Morgan fingerprint density at radius 3 is 2.33 bits per heavy atom. The van der Waals surface area contributed by atoms with E-state index >= 15 is 0 Å². The first kappa shape index (κ1) is 22.7. The van der Waals surface area contributed by atoms with E-state index in [1.807, 2.05) is 73.8 Å². The number of aromatic nitrogens is 3. The summed E-state index contributed by atoms with van der Waals surface area (Å²) in [6, 6.07) is 20.3. The summed E-state index contributed by atoms with van der Waals surface area (Å²) in [5.74, 6) is 0.0285. The van der Waals surface area contributed by atoms with E-state index in [9.17, 15) is 4.79 Å². The van der Waals surface area contributed by atoms with Crippen molar-refractivity contribution in [1.82, 2.24) is 19.9 Å². The maximum absolute atomic E-state index is 12.4. The molecule has 0 saturated heterocycles. The van der Waals surface area contributed by atoms with Gasteiger partial charge >= 0.3 is 0 Å². The highest BCUT2D eigenvalue weighted by molar-refractivity contribution is 5.76. The summed E-state index contributed by atoms with van der Waals surface area (Å²) in [6.07, 6.45) is 1.06. The van der Waals surface area contributed by atoms with Crippen LogP contribution in [0.2, 0.25) is 0 Å². The summed E-state index contributed by atoms with van der Waals surface area (Å²) in [4.78, 5) is 17.1. The van der Waals surface area contributed by atoms with Crippen LogP contribution in [0, 0.1) is 20.8 Å². The molecule has 1 N–H and O–H groups in total. The molecule has 4 aromatic rings. The van der Waals surface area contributed by atoms with Gasteiger partial charge in [0.1, 0.15) is 0 Å². The zero-order chi connectivity index (χ0) is 23.2. The Morgan fingerprint density at radius 1 is 0.939 bits per heavy atom. The van der Waals surface area contributed by atoms with Crippen LogP contribution in [0.5, 0.6) is 0 Å². The van der Waals surface area contributed by atoms with Crippen LogP contribution in [0.1, 0.15) is 45.8 Å². The van der Waals surface area contributed by atoms with Crippen LogP contribution in [0.15, 0.2) is 60.7 Å². The van der Waals surface area contributed by atoms with Crippen molar-refractivity contribution in [2.24, 2.45) is 0 Å². The molecule has 0 aliphatic heterocycles. The topological polar surface area (TPSA) is 68.5 Å². The predicted octanol–water partition coefficient (Wildman–Crippen LogP) is 4.62. The molecule has 0 bridgehead atoms. The van der Waals surface area contributed by atoms with E-state index in [1.165, 1.54) is 0 Å². The van der Waals surface area contributed by atoms with Crippen LogP contribution in [0.4, 0.5) is 0 Å². The third-order valence-corrected chi connectivity index (χ3v) is 5.78. The summed E-state index contributed by atoms with van der Waals surface area (Å²) in [6.45, 7) is 7.66. The van der Waals surface area contributed by atoms with Crippen molar-refractivity contribution < 1.29 is 9.53 Å². The SMILES string of the molecule is Cc1cc2nc(C)c(CCC(=O)NCc3ccc(COCc4ccccc4)cc3)c(C)n2n1. The minimum atomic E-state index is 0.0285. The minimum absolute atomic E-state index is 0.0285. The van der Waals surface area contributed by atoms with Gasteiger partial charge in [0, 0.05) is 30.4 Å². The zero-order valence-electron chi connectivity index (χ0n) is 19.5. The van der Waals surface area contributed by atoms with E-state index in [0.717, 1.165) is 45.0 Å². The Balaban J connectivity index is 1.24. The highest BCUT2D eigenvalue weighted by Crippen LogP contribution is 2.17. The van der Waals surface area contributed by atoms with Crippen molar-refractivity contribution in [2.45, 2.75) is 53.4 Å². The van der Waals surface area contributed by atoms with Crippen molar-refractivity contribution in [1.29, 1.82) is 0 Å². The highest BCUT2D eigenvalue weighted by atomic mass is 16.5. The normalized spacial score (nSPS) is 11.1. The second-order valence-corrected chi connectivity index (χ2v) is 8.39. The molecule has 0 aliphatic rings. The highest BCUT2D eigenvalue weighted by Gasteiger charge is 2.13. The fourth-order valence-electron chi connectivity index (χ4n) is 3.94. The van der Waals surface area contributed by atoms with Gasteiger partial charge in [0.05, 0.1) is 18.9 Å². The van der Waals surface area contributed by atoms with Gasteiger partial charge < -0.3 is 10.1 Å². The Labute approximate surface area is 194 Å². The molecule has 0 spiro atoms. The number of aryl methyl sites for hydroxylation is 3. The molecule has 0 unspecified atom stereocenters. The molecule has 170 valence electrons. The molecule has 0 radical (unpaired) electrons. The third kappa shape index (κ3) is 5.84. The number of carbonyl (C=O) groups excluding carboxylic acids is 1. The number of fused-ring (bicyclic) bond motifs is 1. The van der Waals surface area contributed by atoms with Crippen LogP contribution in [0.25, 0.3) is 5.65 Å². The number of hydrogen-bond acceptors (Lipinski definition) is 4. The Hall–Kier alpha value is -3.51. The van der Waals surface area contributed by atoms with Gasteiger partial charge in [-0.3, -0.25) is 4.79 Å². The lowest BCUT2D eigenvalue weighted by atomic mass is 10.1. The molecular weight excluding hydrogens is 412 g/mol. The minimum Gasteiger partial charge on any atom is -0.372 e. The molecule has 2 aromatic carbocycles. The monoisotopic (exact) mass is 442 g/mol. The third-order valence-electron chi connectivity index (χ3n) is 5.78. The van der Waals surface area contributed by atoms with Gasteiger partial charge in [-0.15, -0.1) is 0 Å². The predicted molar refractivity (Wildman–Crippen MR) is 129 cm³/mol. The summed E-state index contributed by atoms with van der Waals surface area (Å²) in [5.41, 5.74) is 8.22. The van der Waals surface area contributed by atoms with E-state index in [-0.39, 0.29) is 5.91 Å². The van der Waals surface area contributed by atoms with E-state index in [4.69, 9.17) is 4.74 Å². The molecular formula is C27H30N4O2. The lowest BCUT2D eigenvalue weighted by molar-refractivity contribution is -0.121. The number of rotatable bonds is 9. The van der Waals surface area contributed by atoms with Crippen molar-refractivity contribution >= 4 is 11.6 Å². The summed E-state index contributed by atoms with van der Waals surface area (Å²) in [7, 11) is 0. The van der Waals surface area contributed by atoms with Gasteiger partial charge in [-0.25, -0.2) is 9.50 Å². The van der Waals surface area contributed by atoms with Crippen LogP contribution >= 0.6 is 0 Å². The van der Waals surface area contributed by atoms with E-state index in [2.05, 4.69) is 27.5 Å². The maximum atomic E-state index is 12.4. The maximum Gasteiger partial charge on any atom is 0.220 e. The number of nitrogens with one attached hydrogen (secondary N) is 1. The zero-order valence-corrected chi connectivity index (χ0v) is 19.5. The second kappa shape index (κ2) is 10.4. The summed E-state index contributed by atoms with van der Waals surface area (Å²) in [5, 5.41) is 7.52. The van der Waals surface area contributed by atoms with Gasteiger partial charge in [0.25, 0.3) is 0 Å². The summed E-state index contributed by atoms with van der Waals surface area (Å²) < 4.78 is 7.65. The number of carbonyl (C=O) groups is 1. The molecule has 2 aromatic heterocycles. The average molecular weight is 443 g/mol. The van der Waals surface area contributed by atoms with Crippen LogP contribution in [-0.4, -0.2) is 20.5 Å². The molecule has 33 heavy (non-hydrogen) atoms. The van der Waals surface area contributed by atoms with Crippen LogP contribution in [0.3, 0.4) is 0 Å². The van der Waals surface area contributed by atoms with Gasteiger partial charge in [-0.05, 0) is 49.4 Å². The molecule has 4 rings (SSSR count). The van der Waals surface area contributed by atoms with E-state index < -0.39 is 0 Å². The van der Waals surface area contributed by atoms with Crippen molar-refractivity contribution in [3.63, 3.8) is 0 Å². The number of amides is 1. The first-order chi connectivity index (χ1) is 16.0. The smallest absolute Gasteiger partial charge is 0.220 e. The molecule has 0 aliphatic carbocycles. The molecule has 0 saturated carbocycles. The second-order valence-electron chi connectivity index (χ2n) is 8.39. The quantitative estimate of drug-likeness (QED) is 0.411. The van der Waals surface area contributed by atoms with E-state index in [1.54, 1.807) is 0 Å². The molecule has 1 amide bonds. The largest absolute Gasteiger partial charge is 0.372 e. The van der Waals surface area contributed by atoms with Gasteiger partial charge in [-0.2, -0.15) is 5.10 Å². The molecule has 2 heterocycles. The van der Waals surface area contributed by atoms with Crippen LogP contribution < -0.4 is 5.32 Å². The van der Waals surface area contributed by atoms with E-state index in [0.29, 0.717) is 32.6 Å². The first-order valence-electron chi connectivity index (χ1n) is 11.3. The van der Waals surface area contributed by atoms with Crippen molar-refractivity contribution in [3.8, 4) is 0 Å². The number of ether oxygens (including phenoxy) is 1. The number of benzene rings is 2. The van der Waals surface area contributed by atoms with Crippen molar-refractivity contribution in [2.75, 3.05) is 0 Å². The molecule has 6 heteroatoms. The Kier molecular flexibility index (Phi) is 7.15.